The summed E-state index contributed by atoms with van der Waals surface area (Å²) in [4.78, 5) is 12.3. The number of amides is 1. The molecular formula is C22H24N4O. The van der Waals surface area contributed by atoms with Crippen molar-refractivity contribution in [3.05, 3.63) is 65.5 Å². The number of carbonyl (C=O) groups is 1. The minimum atomic E-state index is -0.0112. The number of aromatic nitrogens is 3. The van der Waals surface area contributed by atoms with Gasteiger partial charge in [-0.15, -0.1) is 10.2 Å². The lowest BCUT2D eigenvalue weighted by molar-refractivity contribution is -0.115. The minimum absolute atomic E-state index is 0.0112. The van der Waals surface area contributed by atoms with E-state index in [1.54, 1.807) is 0 Å². The molecule has 1 amide bonds. The molecule has 1 aliphatic heterocycles. The van der Waals surface area contributed by atoms with E-state index in [1.807, 2.05) is 55.5 Å². The lowest BCUT2D eigenvalue weighted by atomic mass is 10.1. The predicted octanol–water partition coefficient (Wildman–Crippen LogP) is 4.16. The third-order valence-electron chi connectivity index (χ3n) is 5.02. The first kappa shape index (κ1) is 17.5. The highest BCUT2D eigenvalue weighted by molar-refractivity contribution is 5.92. The smallest absolute Gasteiger partial charge is 0.228 e. The first-order chi connectivity index (χ1) is 13.2. The Morgan fingerprint density at radius 3 is 2.56 bits per heavy atom. The number of fused-ring (bicyclic) bond motifs is 1. The van der Waals surface area contributed by atoms with E-state index in [1.165, 1.54) is 24.8 Å². The number of nitrogens with one attached hydrogen (secondary N) is 1. The first-order valence-electron chi connectivity index (χ1n) is 9.57. The van der Waals surface area contributed by atoms with E-state index in [2.05, 4.69) is 20.1 Å². The van der Waals surface area contributed by atoms with Gasteiger partial charge in [0.25, 0.3) is 0 Å². The Bertz CT molecular complexity index is 926. The topological polar surface area (TPSA) is 59.8 Å². The number of benzene rings is 2. The fraction of sp³-hybridized carbons (Fsp3) is 0.318. The van der Waals surface area contributed by atoms with E-state index >= 15 is 0 Å². The summed E-state index contributed by atoms with van der Waals surface area (Å²) in [6.07, 6.45) is 4.98. The molecule has 2 aromatic carbocycles. The molecule has 5 heteroatoms. The maximum absolute atomic E-state index is 12.3. The van der Waals surface area contributed by atoms with Crippen LogP contribution in [-0.4, -0.2) is 20.7 Å². The molecule has 27 heavy (non-hydrogen) atoms. The number of hydrogen-bond donors (Lipinski definition) is 1. The predicted molar refractivity (Wildman–Crippen MR) is 107 cm³/mol. The van der Waals surface area contributed by atoms with Gasteiger partial charge in [0.05, 0.1) is 6.42 Å². The molecule has 1 aliphatic rings. The van der Waals surface area contributed by atoms with Gasteiger partial charge >= 0.3 is 0 Å². The summed E-state index contributed by atoms with van der Waals surface area (Å²) < 4.78 is 2.23. The van der Waals surface area contributed by atoms with Crippen LogP contribution in [0.3, 0.4) is 0 Å². The summed E-state index contributed by atoms with van der Waals surface area (Å²) in [6.45, 7) is 3.02. The van der Waals surface area contributed by atoms with Crippen molar-refractivity contribution in [2.45, 2.75) is 45.6 Å². The van der Waals surface area contributed by atoms with Gasteiger partial charge in [0.1, 0.15) is 5.82 Å². The second-order valence-corrected chi connectivity index (χ2v) is 7.19. The zero-order valence-corrected chi connectivity index (χ0v) is 15.6. The Kier molecular flexibility index (Phi) is 5.01. The summed E-state index contributed by atoms with van der Waals surface area (Å²) >= 11 is 0. The highest BCUT2D eigenvalue weighted by Crippen LogP contribution is 2.24. The van der Waals surface area contributed by atoms with Gasteiger partial charge in [0, 0.05) is 24.2 Å². The SMILES string of the molecule is Cc1ccc(CC(=O)Nc2ccc(-c3nnc4n3CCCCC4)cc2)cc1. The van der Waals surface area contributed by atoms with E-state index in [4.69, 9.17) is 0 Å². The van der Waals surface area contributed by atoms with Crippen LogP contribution in [0.1, 0.15) is 36.2 Å². The largest absolute Gasteiger partial charge is 0.326 e. The van der Waals surface area contributed by atoms with Crippen LogP contribution in [0.15, 0.2) is 48.5 Å². The van der Waals surface area contributed by atoms with E-state index in [0.717, 1.165) is 41.4 Å². The molecule has 0 saturated heterocycles. The number of rotatable bonds is 4. The molecule has 4 rings (SSSR count). The molecule has 0 saturated carbocycles. The molecule has 0 fully saturated rings. The Morgan fingerprint density at radius 2 is 1.78 bits per heavy atom. The van der Waals surface area contributed by atoms with Crippen LogP contribution in [0.25, 0.3) is 11.4 Å². The van der Waals surface area contributed by atoms with Crippen molar-refractivity contribution in [1.29, 1.82) is 0 Å². The van der Waals surface area contributed by atoms with Crippen molar-refractivity contribution >= 4 is 11.6 Å². The van der Waals surface area contributed by atoms with Crippen LogP contribution in [0, 0.1) is 6.92 Å². The third kappa shape index (κ3) is 4.08. The number of anilines is 1. The fourth-order valence-electron chi connectivity index (χ4n) is 3.50. The molecule has 2 heterocycles. The van der Waals surface area contributed by atoms with E-state index in [9.17, 15) is 4.79 Å². The molecule has 0 bridgehead atoms. The van der Waals surface area contributed by atoms with Crippen molar-refractivity contribution in [2.75, 3.05) is 5.32 Å². The third-order valence-corrected chi connectivity index (χ3v) is 5.02. The van der Waals surface area contributed by atoms with Gasteiger partial charge in [0.2, 0.25) is 5.91 Å². The van der Waals surface area contributed by atoms with E-state index < -0.39 is 0 Å². The molecule has 138 valence electrons. The maximum Gasteiger partial charge on any atom is 0.228 e. The number of aryl methyl sites for hydroxylation is 2. The molecule has 5 nitrogen and oxygen atoms in total. The fourth-order valence-corrected chi connectivity index (χ4v) is 3.50. The second-order valence-electron chi connectivity index (χ2n) is 7.19. The molecular weight excluding hydrogens is 336 g/mol. The lowest BCUT2D eigenvalue weighted by Gasteiger charge is -2.09. The molecule has 0 radical (unpaired) electrons. The second kappa shape index (κ2) is 7.74. The Hall–Kier alpha value is -2.95. The summed E-state index contributed by atoms with van der Waals surface area (Å²) in [5, 5.41) is 11.7. The van der Waals surface area contributed by atoms with Crippen molar-refractivity contribution in [1.82, 2.24) is 14.8 Å². The van der Waals surface area contributed by atoms with Gasteiger partial charge in [-0.05, 0) is 49.6 Å². The Morgan fingerprint density at radius 1 is 1.00 bits per heavy atom. The lowest BCUT2D eigenvalue weighted by Crippen LogP contribution is -2.14. The van der Waals surface area contributed by atoms with Gasteiger partial charge < -0.3 is 9.88 Å². The van der Waals surface area contributed by atoms with E-state index in [-0.39, 0.29) is 5.91 Å². The Balaban J connectivity index is 1.44. The maximum atomic E-state index is 12.3. The molecule has 0 spiro atoms. The summed E-state index contributed by atoms with van der Waals surface area (Å²) in [5.74, 6) is 1.99. The van der Waals surface area contributed by atoms with Crippen molar-refractivity contribution in [3.63, 3.8) is 0 Å². The van der Waals surface area contributed by atoms with Crippen LogP contribution in [0.2, 0.25) is 0 Å². The monoisotopic (exact) mass is 360 g/mol. The van der Waals surface area contributed by atoms with Crippen LogP contribution >= 0.6 is 0 Å². The highest BCUT2D eigenvalue weighted by Gasteiger charge is 2.16. The summed E-state index contributed by atoms with van der Waals surface area (Å²) in [5.41, 5.74) is 4.04. The summed E-state index contributed by atoms with van der Waals surface area (Å²) in [6, 6.07) is 15.9. The van der Waals surface area contributed by atoms with Crippen molar-refractivity contribution in [3.8, 4) is 11.4 Å². The molecule has 0 aliphatic carbocycles. The van der Waals surface area contributed by atoms with Crippen molar-refractivity contribution in [2.24, 2.45) is 0 Å². The van der Waals surface area contributed by atoms with Crippen LogP contribution in [0.5, 0.6) is 0 Å². The van der Waals surface area contributed by atoms with Gasteiger partial charge in [-0.2, -0.15) is 0 Å². The quantitative estimate of drug-likeness (QED) is 0.760. The standard InChI is InChI=1S/C22H24N4O/c1-16-6-8-17(9-7-16)15-21(27)23-19-12-10-18(11-13-19)22-25-24-20-5-3-2-4-14-26(20)22/h6-13H,2-5,14-15H2,1H3,(H,23,27). The van der Waals surface area contributed by atoms with Crippen molar-refractivity contribution < 1.29 is 4.79 Å². The normalized spacial score (nSPS) is 13.7. The highest BCUT2D eigenvalue weighted by atomic mass is 16.1. The van der Waals surface area contributed by atoms with Gasteiger partial charge in [0.15, 0.2) is 5.82 Å². The van der Waals surface area contributed by atoms with Crippen LogP contribution in [-0.2, 0) is 24.2 Å². The van der Waals surface area contributed by atoms with Gasteiger partial charge in [-0.1, -0.05) is 36.2 Å². The average molecular weight is 360 g/mol. The number of carbonyl (C=O) groups excluding carboxylic acids is 1. The zero-order chi connectivity index (χ0) is 18.6. The molecule has 3 aromatic rings. The molecule has 1 aromatic heterocycles. The molecule has 1 N–H and O–H groups in total. The molecule has 0 unspecified atom stereocenters. The summed E-state index contributed by atoms with van der Waals surface area (Å²) in [7, 11) is 0. The van der Waals surface area contributed by atoms with E-state index in [0.29, 0.717) is 6.42 Å². The molecule has 0 atom stereocenters. The zero-order valence-electron chi connectivity index (χ0n) is 15.6. The number of nitrogens with zero attached hydrogens (tertiary/aromatic N) is 3. The van der Waals surface area contributed by atoms with Crippen LogP contribution in [0.4, 0.5) is 5.69 Å². The van der Waals surface area contributed by atoms with Crippen LogP contribution < -0.4 is 5.32 Å². The van der Waals surface area contributed by atoms with Gasteiger partial charge in [-0.25, -0.2) is 0 Å². The van der Waals surface area contributed by atoms with Gasteiger partial charge in [-0.3, -0.25) is 4.79 Å². The minimum Gasteiger partial charge on any atom is -0.326 e. The average Bonchev–Trinajstić information content (AvgIpc) is 2.92. The first-order valence-corrected chi connectivity index (χ1v) is 9.57. The number of hydrogen-bond acceptors (Lipinski definition) is 3. The Labute approximate surface area is 159 Å².